The lowest BCUT2D eigenvalue weighted by molar-refractivity contribution is 0.504. The highest BCUT2D eigenvalue weighted by Crippen LogP contribution is 2.41. The van der Waals surface area contributed by atoms with Crippen LogP contribution < -0.4 is 4.18 Å². The number of rotatable bonds is 0. The first kappa shape index (κ1) is 7.00. The van der Waals surface area contributed by atoms with E-state index in [1.54, 1.807) is 24.3 Å². The van der Waals surface area contributed by atoms with Gasteiger partial charge in [0.25, 0.3) is 0 Å². The molecule has 0 amide bonds. The smallest absolute Gasteiger partial charge is 0.371 e. The van der Waals surface area contributed by atoms with Crippen molar-refractivity contribution >= 4 is 19.9 Å². The fourth-order valence-corrected chi connectivity index (χ4v) is 3.22. The third kappa shape index (κ3) is 1.21. The van der Waals surface area contributed by atoms with Crippen molar-refractivity contribution in [1.82, 2.24) is 0 Å². The Hall–Kier alpha value is -0.680. The lowest BCUT2D eigenvalue weighted by Gasteiger charge is -1.90. The predicted octanol–water partition coefficient (Wildman–Crippen LogP) is 1.42. The van der Waals surface area contributed by atoms with Gasteiger partial charge in [-0.25, -0.2) is 0 Å². The maximum atomic E-state index is 10.8. The van der Waals surface area contributed by atoms with Crippen LogP contribution in [0.25, 0.3) is 0 Å². The number of benzene rings is 1. The second kappa shape index (κ2) is 2.15. The van der Waals surface area contributed by atoms with E-state index < -0.39 is 9.15 Å². The molecule has 0 atom stereocenters. The Labute approximate surface area is 67.9 Å². The van der Waals surface area contributed by atoms with Crippen LogP contribution in [0, 0.1) is 0 Å². The molecule has 1 aromatic rings. The van der Waals surface area contributed by atoms with Crippen molar-refractivity contribution in [2.75, 3.05) is 0 Å². The van der Waals surface area contributed by atoms with Crippen molar-refractivity contribution in [3.63, 3.8) is 0 Å². The fourth-order valence-electron chi connectivity index (χ4n) is 0.825. The highest BCUT2D eigenvalue weighted by atomic mass is 33.2. The van der Waals surface area contributed by atoms with E-state index in [1.807, 2.05) is 0 Å². The molecule has 0 spiro atoms. The van der Waals surface area contributed by atoms with Crippen molar-refractivity contribution in [3.8, 4) is 5.75 Å². The molecular formula is C6H4O3S2. The van der Waals surface area contributed by atoms with Crippen LogP contribution in [0.2, 0.25) is 0 Å². The molecule has 0 N–H and O–H groups in total. The Balaban J connectivity index is 2.57. The third-order valence-corrected chi connectivity index (χ3v) is 3.69. The summed E-state index contributed by atoms with van der Waals surface area (Å²) in [6, 6.07) is 6.85. The van der Waals surface area contributed by atoms with E-state index in [-0.39, 0.29) is 0 Å². The van der Waals surface area contributed by atoms with Crippen LogP contribution in [0.3, 0.4) is 0 Å². The summed E-state index contributed by atoms with van der Waals surface area (Å²) in [6.07, 6.45) is 0. The van der Waals surface area contributed by atoms with Crippen LogP contribution in [0.1, 0.15) is 0 Å². The van der Waals surface area contributed by atoms with Crippen molar-refractivity contribution < 1.29 is 12.6 Å². The molecule has 1 aliphatic rings. The summed E-state index contributed by atoms with van der Waals surface area (Å²) in [7, 11) is -2.65. The topological polar surface area (TPSA) is 43.4 Å². The van der Waals surface area contributed by atoms with Gasteiger partial charge < -0.3 is 4.18 Å². The minimum Gasteiger partial charge on any atom is -0.373 e. The number of hydrogen-bond acceptors (Lipinski definition) is 4. The van der Waals surface area contributed by atoms with Crippen molar-refractivity contribution in [2.45, 2.75) is 4.90 Å². The molecule has 58 valence electrons. The molecule has 5 heteroatoms. The van der Waals surface area contributed by atoms with Gasteiger partial charge in [0.1, 0.15) is 0 Å². The van der Waals surface area contributed by atoms with Crippen LogP contribution >= 0.6 is 10.8 Å². The lowest BCUT2D eigenvalue weighted by atomic mass is 10.3. The van der Waals surface area contributed by atoms with E-state index in [1.165, 1.54) is 0 Å². The summed E-state index contributed by atoms with van der Waals surface area (Å²) in [6.45, 7) is 0. The van der Waals surface area contributed by atoms with Gasteiger partial charge in [0.15, 0.2) is 5.75 Å². The summed E-state index contributed by atoms with van der Waals surface area (Å²) in [5, 5.41) is 0. The molecule has 2 rings (SSSR count). The van der Waals surface area contributed by atoms with Gasteiger partial charge in [0.2, 0.25) is 0 Å². The van der Waals surface area contributed by atoms with Gasteiger partial charge in [0.05, 0.1) is 4.90 Å². The van der Waals surface area contributed by atoms with Crippen LogP contribution in [0.4, 0.5) is 0 Å². The van der Waals surface area contributed by atoms with Gasteiger partial charge in [-0.1, -0.05) is 12.1 Å². The number of hydrogen-bond donors (Lipinski definition) is 0. The van der Waals surface area contributed by atoms with Gasteiger partial charge >= 0.3 is 9.15 Å². The highest BCUT2D eigenvalue weighted by molar-refractivity contribution is 8.70. The van der Waals surface area contributed by atoms with Gasteiger partial charge in [-0.15, -0.1) is 0 Å². The van der Waals surface area contributed by atoms with Gasteiger partial charge in [-0.05, 0) is 12.1 Å². The minimum atomic E-state index is -3.39. The zero-order valence-electron chi connectivity index (χ0n) is 5.35. The molecular weight excluding hydrogens is 184 g/mol. The van der Waals surface area contributed by atoms with E-state index in [4.69, 9.17) is 0 Å². The normalized spacial score (nSPS) is 18.9. The second-order valence-electron chi connectivity index (χ2n) is 2.02. The van der Waals surface area contributed by atoms with Gasteiger partial charge in [-0.3, -0.25) is 0 Å². The van der Waals surface area contributed by atoms with Crippen molar-refractivity contribution in [2.24, 2.45) is 0 Å². The van der Waals surface area contributed by atoms with E-state index in [9.17, 15) is 8.42 Å². The van der Waals surface area contributed by atoms with E-state index in [0.717, 1.165) is 10.8 Å². The summed E-state index contributed by atoms with van der Waals surface area (Å²) in [5.41, 5.74) is 0. The SMILES string of the molecule is O=S1(=O)Oc2ccccc2S1. The molecule has 0 aliphatic carbocycles. The monoisotopic (exact) mass is 188 g/mol. The van der Waals surface area contributed by atoms with E-state index in [2.05, 4.69) is 4.18 Å². The third-order valence-electron chi connectivity index (χ3n) is 1.23. The first-order chi connectivity index (χ1) is 5.17. The second-order valence-corrected chi connectivity index (χ2v) is 5.34. The Morgan fingerprint density at radius 1 is 1.27 bits per heavy atom. The van der Waals surface area contributed by atoms with E-state index in [0.29, 0.717) is 10.6 Å². The summed E-state index contributed by atoms with van der Waals surface area (Å²) < 4.78 is 26.3. The summed E-state index contributed by atoms with van der Waals surface area (Å²) >= 11 is 0. The predicted molar refractivity (Wildman–Crippen MR) is 41.8 cm³/mol. The quantitative estimate of drug-likeness (QED) is 0.577. The summed E-state index contributed by atoms with van der Waals surface area (Å²) in [4.78, 5) is 0.660. The van der Waals surface area contributed by atoms with Gasteiger partial charge in [0, 0.05) is 10.8 Å². The standard InChI is InChI=1S/C6H4O3S2/c7-11(8)9-5-3-1-2-4-6(5)10-11/h1-4H. The Morgan fingerprint density at radius 3 is 2.73 bits per heavy atom. The fraction of sp³-hybridized carbons (Fsp3) is 0. The largest absolute Gasteiger partial charge is 0.373 e. The molecule has 0 aromatic heterocycles. The zero-order valence-corrected chi connectivity index (χ0v) is 6.98. The Bertz CT molecular complexity index is 352. The van der Waals surface area contributed by atoms with Crippen LogP contribution in [0.15, 0.2) is 29.2 Å². The summed E-state index contributed by atoms with van der Waals surface area (Å²) in [5.74, 6) is 0.428. The van der Waals surface area contributed by atoms with E-state index >= 15 is 0 Å². The molecule has 0 saturated carbocycles. The molecule has 11 heavy (non-hydrogen) atoms. The Morgan fingerprint density at radius 2 is 2.00 bits per heavy atom. The maximum absolute atomic E-state index is 10.8. The zero-order chi connectivity index (χ0) is 7.90. The molecule has 0 radical (unpaired) electrons. The molecule has 0 bridgehead atoms. The first-order valence-corrected chi connectivity index (χ1v) is 5.64. The van der Waals surface area contributed by atoms with Crippen LogP contribution in [0.5, 0.6) is 5.75 Å². The molecule has 0 fully saturated rings. The Kier molecular flexibility index (Phi) is 1.37. The van der Waals surface area contributed by atoms with Gasteiger partial charge in [-0.2, -0.15) is 8.42 Å². The minimum absolute atomic E-state index is 0.428. The first-order valence-electron chi connectivity index (χ1n) is 2.90. The average molecular weight is 188 g/mol. The molecule has 1 aliphatic heterocycles. The van der Waals surface area contributed by atoms with Crippen LogP contribution in [-0.2, 0) is 9.15 Å². The molecule has 0 unspecified atom stereocenters. The molecule has 1 aromatic carbocycles. The number of para-hydroxylation sites is 1. The molecule has 1 heterocycles. The van der Waals surface area contributed by atoms with Crippen molar-refractivity contribution in [3.05, 3.63) is 24.3 Å². The molecule has 3 nitrogen and oxygen atoms in total. The van der Waals surface area contributed by atoms with Crippen LogP contribution in [-0.4, -0.2) is 8.42 Å². The van der Waals surface area contributed by atoms with Crippen molar-refractivity contribution in [1.29, 1.82) is 0 Å². The number of fused-ring (bicyclic) bond motifs is 1. The lowest BCUT2D eigenvalue weighted by Crippen LogP contribution is -1.95. The average Bonchev–Trinajstić information content (AvgIpc) is 2.21. The highest BCUT2D eigenvalue weighted by Gasteiger charge is 2.26. The molecule has 0 saturated heterocycles. The maximum Gasteiger partial charge on any atom is 0.371 e.